The zero-order valence-corrected chi connectivity index (χ0v) is 8.95. The lowest BCUT2D eigenvalue weighted by Gasteiger charge is -2.17. The lowest BCUT2D eigenvalue weighted by atomic mass is 9.99. The van der Waals surface area contributed by atoms with E-state index in [-0.39, 0.29) is 0 Å². The van der Waals surface area contributed by atoms with Gasteiger partial charge < -0.3 is 5.32 Å². The van der Waals surface area contributed by atoms with Crippen molar-refractivity contribution in [2.75, 3.05) is 7.05 Å². The summed E-state index contributed by atoms with van der Waals surface area (Å²) in [5, 5.41) is 4.53. The molecule has 2 aromatic carbocycles. The van der Waals surface area contributed by atoms with Crippen molar-refractivity contribution in [2.24, 2.45) is 0 Å². The Hall–Kier alpha value is -1.48. The van der Waals surface area contributed by atoms with Crippen molar-refractivity contribution in [1.82, 2.24) is 5.32 Å². The Balaban J connectivity index is 2.59. The molecule has 2 aromatic rings. The summed E-state index contributed by atoms with van der Waals surface area (Å²) in [6.45, 7) is 0. The van der Waals surface area contributed by atoms with Crippen LogP contribution in [0, 0.1) is 0 Å². The number of hydrogen-bond donors (Lipinski definition) is 1. The van der Waals surface area contributed by atoms with Crippen LogP contribution in [-0.4, -0.2) is 13.5 Å². The summed E-state index contributed by atoms with van der Waals surface area (Å²) in [5.41, 5.74) is 0.649. The van der Waals surface area contributed by atoms with Crippen LogP contribution >= 0.6 is 0 Å². The van der Waals surface area contributed by atoms with Crippen molar-refractivity contribution in [1.29, 1.82) is 0 Å². The number of halogens is 2. The van der Waals surface area contributed by atoms with E-state index in [9.17, 15) is 8.78 Å². The largest absolute Gasteiger partial charge is 0.308 e. The van der Waals surface area contributed by atoms with E-state index in [1.807, 2.05) is 36.4 Å². The Morgan fingerprint density at radius 3 is 2.38 bits per heavy atom. The van der Waals surface area contributed by atoms with Crippen molar-refractivity contribution in [2.45, 2.75) is 12.5 Å². The molecule has 0 heterocycles. The van der Waals surface area contributed by atoms with Gasteiger partial charge in [-0.2, -0.15) is 0 Å². The highest BCUT2D eigenvalue weighted by Crippen LogP contribution is 2.27. The van der Waals surface area contributed by atoms with Gasteiger partial charge in [0.05, 0.1) is 6.04 Å². The fraction of sp³-hybridized carbons (Fsp3) is 0.231. The van der Waals surface area contributed by atoms with Crippen molar-refractivity contribution >= 4 is 10.8 Å². The second-order valence-electron chi connectivity index (χ2n) is 3.67. The molecule has 1 unspecified atom stereocenters. The van der Waals surface area contributed by atoms with Crippen LogP contribution in [0.3, 0.4) is 0 Å². The first-order valence-electron chi connectivity index (χ1n) is 5.17. The van der Waals surface area contributed by atoms with Gasteiger partial charge in [-0.15, -0.1) is 0 Å². The van der Waals surface area contributed by atoms with Crippen LogP contribution in [0.15, 0.2) is 42.5 Å². The SMILES string of the molecule is CNC(c1cccc2ccccc12)C(F)F. The first kappa shape index (κ1) is 11.0. The monoisotopic (exact) mass is 221 g/mol. The number of alkyl halides is 2. The summed E-state index contributed by atoms with van der Waals surface area (Å²) in [6.07, 6.45) is -2.41. The molecule has 0 aliphatic carbocycles. The second-order valence-corrected chi connectivity index (χ2v) is 3.67. The van der Waals surface area contributed by atoms with Gasteiger partial charge in [-0.05, 0) is 23.4 Å². The number of nitrogens with one attached hydrogen (secondary N) is 1. The van der Waals surface area contributed by atoms with Gasteiger partial charge >= 0.3 is 0 Å². The van der Waals surface area contributed by atoms with Crippen LogP contribution in [0.2, 0.25) is 0 Å². The zero-order chi connectivity index (χ0) is 11.5. The highest BCUT2D eigenvalue weighted by atomic mass is 19.3. The summed E-state index contributed by atoms with van der Waals surface area (Å²) in [7, 11) is 1.55. The Bertz CT molecular complexity index is 477. The molecule has 1 atom stereocenters. The van der Waals surface area contributed by atoms with Crippen molar-refractivity contribution in [3.8, 4) is 0 Å². The molecule has 0 amide bonds. The van der Waals surface area contributed by atoms with E-state index in [1.165, 1.54) is 0 Å². The fourth-order valence-corrected chi connectivity index (χ4v) is 1.94. The Morgan fingerprint density at radius 1 is 1.00 bits per heavy atom. The van der Waals surface area contributed by atoms with Crippen LogP contribution in [0.25, 0.3) is 10.8 Å². The molecule has 84 valence electrons. The lowest BCUT2D eigenvalue weighted by Crippen LogP contribution is -2.23. The maximum atomic E-state index is 12.9. The highest BCUT2D eigenvalue weighted by Gasteiger charge is 2.21. The van der Waals surface area contributed by atoms with Crippen LogP contribution in [0.4, 0.5) is 8.78 Å². The van der Waals surface area contributed by atoms with Gasteiger partial charge in [0.25, 0.3) is 6.43 Å². The van der Waals surface area contributed by atoms with Gasteiger partial charge in [0.15, 0.2) is 0 Å². The van der Waals surface area contributed by atoms with E-state index in [1.54, 1.807) is 13.1 Å². The lowest BCUT2D eigenvalue weighted by molar-refractivity contribution is 0.103. The van der Waals surface area contributed by atoms with Gasteiger partial charge in [0.2, 0.25) is 0 Å². The van der Waals surface area contributed by atoms with E-state index in [4.69, 9.17) is 0 Å². The van der Waals surface area contributed by atoms with E-state index in [2.05, 4.69) is 5.32 Å². The molecule has 0 fully saturated rings. The smallest absolute Gasteiger partial charge is 0.257 e. The third kappa shape index (κ3) is 1.91. The normalized spacial score (nSPS) is 13.2. The number of rotatable bonds is 3. The van der Waals surface area contributed by atoms with E-state index in [0.29, 0.717) is 5.56 Å². The Labute approximate surface area is 93.1 Å². The summed E-state index contributed by atoms with van der Waals surface area (Å²) < 4.78 is 25.7. The molecule has 2 rings (SSSR count). The zero-order valence-electron chi connectivity index (χ0n) is 8.95. The van der Waals surface area contributed by atoms with Gasteiger partial charge in [0, 0.05) is 0 Å². The van der Waals surface area contributed by atoms with Crippen LogP contribution < -0.4 is 5.32 Å². The molecular weight excluding hydrogens is 208 g/mol. The number of hydrogen-bond acceptors (Lipinski definition) is 1. The molecule has 3 heteroatoms. The summed E-state index contributed by atoms with van der Waals surface area (Å²) >= 11 is 0. The summed E-state index contributed by atoms with van der Waals surface area (Å²) in [6, 6.07) is 12.1. The van der Waals surface area contributed by atoms with Crippen LogP contribution in [0.5, 0.6) is 0 Å². The molecule has 1 nitrogen and oxygen atoms in total. The summed E-state index contributed by atoms with van der Waals surface area (Å²) in [5.74, 6) is 0. The quantitative estimate of drug-likeness (QED) is 0.838. The molecule has 0 bridgehead atoms. The summed E-state index contributed by atoms with van der Waals surface area (Å²) in [4.78, 5) is 0. The molecule has 0 aromatic heterocycles. The van der Waals surface area contributed by atoms with Crippen molar-refractivity contribution in [3.63, 3.8) is 0 Å². The molecule has 0 radical (unpaired) electrons. The molecule has 0 aliphatic heterocycles. The first-order valence-corrected chi connectivity index (χ1v) is 5.17. The highest BCUT2D eigenvalue weighted by molar-refractivity contribution is 5.86. The van der Waals surface area contributed by atoms with Crippen LogP contribution in [-0.2, 0) is 0 Å². The maximum absolute atomic E-state index is 12.9. The minimum Gasteiger partial charge on any atom is -0.308 e. The van der Waals surface area contributed by atoms with Gasteiger partial charge in [-0.25, -0.2) is 8.78 Å². The third-order valence-corrected chi connectivity index (χ3v) is 2.72. The van der Waals surface area contributed by atoms with Crippen LogP contribution in [0.1, 0.15) is 11.6 Å². The average Bonchev–Trinajstić information content (AvgIpc) is 2.30. The molecule has 1 N–H and O–H groups in total. The standard InChI is InChI=1S/C13H13F2N/c1-16-12(13(14)15)11-8-4-6-9-5-2-3-7-10(9)11/h2-8,12-13,16H,1H3. The molecule has 0 aliphatic rings. The second kappa shape index (κ2) is 4.58. The van der Waals surface area contributed by atoms with E-state index < -0.39 is 12.5 Å². The minimum atomic E-state index is -2.41. The maximum Gasteiger partial charge on any atom is 0.257 e. The molecule has 16 heavy (non-hydrogen) atoms. The van der Waals surface area contributed by atoms with Crippen molar-refractivity contribution < 1.29 is 8.78 Å². The third-order valence-electron chi connectivity index (χ3n) is 2.72. The van der Waals surface area contributed by atoms with Gasteiger partial charge in [-0.3, -0.25) is 0 Å². The average molecular weight is 221 g/mol. The predicted molar refractivity (Wildman–Crippen MR) is 61.8 cm³/mol. The van der Waals surface area contributed by atoms with Gasteiger partial charge in [0.1, 0.15) is 0 Å². The molecule has 0 saturated heterocycles. The molecular formula is C13H13F2N. The van der Waals surface area contributed by atoms with E-state index in [0.717, 1.165) is 10.8 Å². The number of fused-ring (bicyclic) bond motifs is 1. The van der Waals surface area contributed by atoms with E-state index >= 15 is 0 Å². The molecule has 0 saturated carbocycles. The van der Waals surface area contributed by atoms with Crippen molar-refractivity contribution in [3.05, 3.63) is 48.0 Å². The van der Waals surface area contributed by atoms with Gasteiger partial charge in [-0.1, -0.05) is 42.5 Å². The molecule has 0 spiro atoms. The minimum absolute atomic E-state index is 0.649. The topological polar surface area (TPSA) is 12.0 Å². The Morgan fingerprint density at radius 2 is 1.69 bits per heavy atom. The fourth-order valence-electron chi connectivity index (χ4n) is 1.94. The predicted octanol–water partition coefficient (Wildman–Crippen LogP) is 3.37. The first-order chi connectivity index (χ1) is 7.74. The number of benzene rings is 2. The Kier molecular flexibility index (Phi) is 3.15.